The Hall–Kier alpha value is -4.46. The monoisotopic (exact) mass is 539 g/mol. The zero-order valence-corrected chi connectivity index (χ0v) is 23.2. The molecule has 2 aliphatic rings. The van der Waals surface area contributed by atoms with Gasteiger partial charge in [0.1, 0.15) is 5.75 Å². The largest absolute Gasteiger partial charge is 0.495 e. The number of hydrogen-bond acceptors (Lipinski definition) is 5. The Morgan fingerprint density at radius 1 is 0.950 bits per heavy atom. The van der Waals surface area contributed by atoms with Gasteiger partial charge >= 0.3 is 6.03 Å². The van der Waals surface area contributed by atoms with E-state index in [1.54, 1.807) is 23.1 Å². The van der Waals surface area contributed by atoms with E-state index in [1.807, 2.05) is 56.3 Å². The van der Waals surface area contributed by atoms with E-state index >= 15 is 0 Å². The maximum absolute atomic E-state index is 14.3. The van der Waals surface area contributed by atoms with Crippen molar-refractivity contribution in [1.82, 2.24) is 9.88 Å². The van der Waals surface area contributed by atoms with Gasteiger partial charge in [-0.25, -0.2) is 9.69 Å². The van der Waals surface area contributed by atoms with Crippen molar-refractivity contribution in [2.75, 3.05) is 31.8 Å². The van der Waals surface area contributed by atoms with E-state index in [0.717, 1.165) is 34.1 Å². The van der Waals surface area contributed by atoms with Crippen LogP contribution in [0.25, 0.3) is 10.9 Å². The first kappa shape index (κ1) is 25.8. The lowest BCUT2D eigenvalue weighted by Crippen LogP contribution is -2.50. The number of H-pyrrole nitrogens is 1. The number of carbonyl (C=O) groups excluding carboxylic acids is 2. The Morgan fingerprint density at radius 3 is 2.50 bits per heavy atom. The van der Waals surface area contributed by atoms with E-state index in [1.165, 1.54) is 12.0 Å². The van der Waals surface area contributed by atoms with Crippen molar-refractivity contribution in [3.8, 4) is 17.2 Å². The van der Waals surface area contributed by atoms with Crippen LogP contribution in [0, 0.1) is 0 Å². The van der Waals surface area contributed by atoms with Crippen molar-refractivity contribution >= 4 is 28.5 Å². The topological polar surface area (TPSA) is 84.1 Å². The van der Waals surface area contributed by atoms with E-state index in [2.05, 4.69) is 18.0 Å². The highest BCUT2D eigenvalue weighted by molar-refractivity contribution is 6.24. The number of fused-ring (bicyclic) bond motifs is 5. The predicted octanol–water partition coefficient (Wildman–Crippen LogP) is 6.19. The molecule has 1 fully saturated rings. The highest BCUT2D eigenvalue weighted by Crippen LogP contribution is 2.51. The molecule has 1 N–H and O–H groups in total. The molecule has 206 valence electrons. The van der Waals surface area contributed by atoms with Crippen LogP contribution in [0.1, 0.15) is 49.9 Å². The van der Waals surface area contributed by atoms with Crippen molar-refractivity contribution < 1.29 is 23.8 Å². The number of aromatic nitrogens is 1. The molecule has 0 aliphatic carbocycles. The second-order valence-electron chi connectivity index (χ2n) is 10.3. The molecular formula is C32H33N3O5. The molecule has 0 saturated carbocycles. The molecule has 3 heterocycles. The SMILES string of the molecule is CCCOc1ccc(C2CN3C(=O)N(c4ccccc4OC)C(=O)[C@]3(C)c3[nH]c4ccccc4c32)cc1OCC. The van der Waals surface area contributed by atoms with Crippen molar-refractivity contribution in [3.63, 3.8) is 0 Å². The van der Waals surface area contributed by atoms with Gasteiger partial charge in [0.05, 0.1) is 31.7 Å². The van der Waals surface area contributed by atoms with E-state index in [4.69, 9.17) is 14.2 Å². The van der Waals surface area contributed by atoms with Gasteiger partial charge in [-0.05, 0) is 61.7 Å². The molecule has 0 radical (unpaired) electrons. The number of imide groups is 1. The smallest absolute Gasteiger partial charge is 0.332 e. The van der Waals surface area contributed by atoms with Gasteiger partial charge in [0.2, 0.25) is 0 Å². The number of urea groups is 1. The van der Waals surface area contributed by atoms with Gasteiger partial charge in [0.15, 0.2) is 17.0 Å². The van der Waals surface area contributed by atoms with Crippen LogP contribution >= 0.6 is 0 Å². The number of ether oxygens (including phenoxy) is 3. The summed E-state index contributed by atoms with van der Waals surface area (Å²) in [4.78, 5) is 34.8. The molecule has 1 saturated heterocycles. The summed E-state index contributed by atoms with van der Waals surface area (Å²) < 4.78 is 17.5. The Labute approximate surface area is 233 Å². The first-order chi connectivity index (χ1) is 19.4. The number of para-hydroxylation sites is 3. The third-order valence-electron chi connectivity index (χ3n) is 7.99. The van der Waals surface area contributed by atoms with E-state index in [-0.39, 0.29) is 17.9 Å². The molecule has 40 heavy (non-hydrogen) atoms. The minimum Gasteiger partial charge on any atom is -0.495 e. The Kier molecular flexibility index (Phi) is 6.41. The molecular weight excluding hydrogens is 506 g/mol. The average Bonchev–Trinajstić information content (AvgIpc) is 3.46. The molecule has 1 unspecified atom stereocenters. The summed E-state index contributed by atoms with van der Waals surface area (Å²) in [6.45, 7) is 7.26. The molecule has 0 bridgehead atoms. The van der Waals surface area contributed by atoms with Gasteiger partial charge in [-0.2, -0.15) is 0 Å². The van der Waals surface area contributed by atoms with Gasteiger partial charge in [-0.3, -0.25) is 4.79 Å². The van der Waals surface area contributed by atoms with Gasteiger partial charge in [-0.15, -0.1) is 0 Å². The fraction of sp³-hybridized carbons (Fsp3) is 0.312. The predicted molar refractivity (Wildman–Crippen MR) is 153 cm³/mol. The number of methoxy groups -OCH3 is 1. The zero-order valence-electron chi connectivity index (χ0n) is 23.2. The number of carbonyl (C=O) groups is 2. The molecule has 1 aromatic heterocycles. The number of nitrogens with zero attached hydrogens (tertiary/aromatic N) is 2. The maximum atomic E-state index is 14.3. The van der Waals surface area contributed by atoms with Gasteiger partial charge in [-0.1, -0.05) is 43.3 Å². The summed E-state index contributed by atoms with van der Waals surface area (Å²) in [5.41, 5.74) is 2.86. The molecule has 2 aliphatic heterocycles. The Morgan fingerprint density at radius 2 is 1.73 bits per heavy atom. The molecule has 2 atom stereocenters. The fourth-order valence-corrected chi connectivity index (χ4v) is 6.06. The van der Waals surface area contributed by atoms with Gasteiger partial charge < -0.3 is 24.1 Å². The maximum Gasteiger partial charge on any atom is 0.332 e. The lowest BCUT2D eigenvalue weighted by atomic mass is 9.78. The lowest BCUT2D eigenvalue weighted by Gasteiger charge is -2.40. The lowest BCUT2D eigenvalue weighted by molar-refractivity contribution is -0.125. The molecule has 6 rings (SSSR count). The van der Waals surface area contributed by atoms with Crippen LogP contribution in [-0.2, 0) is 10.3 Å². The molecule has 3 amide bonds. The summed E-state index contributed by atoms with van der Waals surface area (Å²) in [7, 11) is 1.54. The second-order valence-corrected chi connectivity index (χ2v) is 10.3. The number of benzene rings is 3. The first-order valence-corrected chi connectivity index (χ1v) is 13.7. The van der Waals surface area contributed by atoms with Crippen LogP contribution < -0.4 is 19.1 Å². The van der Waals surface area contributed by atoms with Crippen molar-refractivity contribution in [1.29, 1.82) is 0 Å². The normalized spacial score (nSPS) is 20.1. The Balaban J connectivity index is 1.53. The van der Waals surface area contributed by atoms with E-state index < -0.39 is 5.54 Å². The van der Waals surface area contributed by atoms with Crippen molar-refractivity contribution in [2.45, 2.75) is 38.6 Å². The summed E-state index contributed by atoms with van der Waals surface area (Å²) in [6.07, 6.45) is 0.890. The summed E-state index contributed by atoms with van der Waals surface area (Å²) in [6, 6.07) is 20.8. The summed E-state index contributed by atoms with van der Waals surface area (Å²) in [5.74, 6) is 1.31. The minimum atomic E-state index is -1.21. The quantitative estimate of drug-likeness (QED) is 0.270. The second kappa shape index (κ2) is 9.93. The molecule has 8 nitrogen and oxygen atoms in total. The number of nitrogens with one attached hydrogen (secondary N) is 1. The van der Waals surface area contributed by atoms with Gasteiger partial charge in [0, 0.05) is 23.4 Å². The number of hydrogen-bond donors (Lipinski definition) is 1. The highest BCUT2D eigenvalue weighted by atomic mass is 16.5. The zero-order chi connectivity index (χ0) is 28.0. The molecule has 8 heteroatoms. The van der Waals surface area contributed by atoms with Crippen molar-refractivity contribution in [2.24, 2.45) is 0 Å². The average molecular weight is 540 g/mol. The van der Waals surface area contributed by atoms with Crippen LogP contribution in [0.15, 0.2) is 66.7 Å². The standard InChI is InChI=1S/C32H33N3O5/c1-5-17-40-26-16-15-20(18-27(26)39-6-2)22-19-34-31(37)35(24-13-9-10-14-25(24)38-4)30(36)32(34,3)29-28(22)21-11-7-8-12-23(21)33-29/h7-16,18,22,33H,5-6,17,19H2,1-4H3/t22?,32-/m0/s1. The van der Waals surface area contributed by atoms with Gasteiger partial charge in [0.25, 0.3) is 5.91 Å². The third-order valence-corrected chi connectivity index (χ3v) is 7.99. The Bertz CT molecular complexity index is 1610. The highest BCUT2D eigenvalue weighted by Gasteiger charge is 2.61. The number of rotatable bonds is 8. The van der Waals surface area contributed by atoms with Crippen LogP contribution in [0.2, 0.25) is 0 Å². The third kappa shape index (κ3) is 3.73. The van der Waals surface area contributed by atoms with Crippen molar-refractivity contribution in [3.05, 3.63) is 83.6 Å². The molecule has 3 aromatic carbocycles. The number of aromatic amines is 1. The first-order valence-electron chi connectivity index (χ1n) is 13.7. The summed E-state index contributed by atoms with van der Waals surface area (Å²) >= 11 is 0. The summed E-state index contributed by atoms with van der Waals surface area (Å²) in [5, 5.41) is 1.03. The van der Waals surface area contributed by atoms with Crippen LogP contribution in [0.4, 0.5) is 10.5 Å². The van der Waals surface area contributed by atoms with Crippen LogP contribution in [0.5, 0.6) is 17.2 Å². The molecule has 0 spiro atoms. The van der Waals surface area contributed by atoms with Crippen LogP contribution in [0.3, 0.4) is 0 Å². The van der Waals surface area contributed by atoms with Crippen LogP contribution in [-0.4, -0.2) is 48.7 Å². The van der Waals surface area contributed by atoms with E-state index in [9.17, 15) is 9.59 Å². The van der Waals surface area contributed by atoms with E-state index in [0.29, 0.717) is 42.7 Å². The fourth-order valence-electron chi connectivity index (χ4n) is 6.06. The minimum absolute atomic E-state index is 0.201. The number of amides is 3. The number of anilines is 1. The molecule has 4 aromatic rings.